The van der Waals surface area contributed by atoms with Crippen LogP contribution >= 0.6 is 0 Å². The second kappa shape index (κ2) is 37.4. The largest absolute Gasteiger partial charge is 0.457 e. The zero-order valence-electron chi connectivity index (χ0n) is 68.1. The van der Waals surface area contributed by atoms with Gasteiger partial charge in [0.2, 0.25) is 0 Å². The van der Waals surface area contributed by atoms with Crippen LogP contribution in [0, 0.1) is 0 Å². The Balaban J connectivity index is 0.000000177. The SMILES string of the molecule is CC(C)c1ccc(C(c2ccc(C(C)C)cc2)c2ccc(C(C)C)cc2)cc1.CC(C)c1ccc(N(c2ccc(C(C)C)cc2)c2ccc(N(c3ccc(C(C)C)cc3)c3ccc(C(C)C)cc3)cc2)cc1.CC(C)c1ccc(Oc2cc(Oc3ccc(C(C)C)cc3)cc(Oc3ccc(C(C)C)cc3)c2)cc1. The Kier molecular flexibility index (Phi) is 27.8. The van der Waals surface area contributed by atoms with E-state index in [4.69, 9.17) is 14.2 Å². The van der Waals surface area contributed by atoms with E-state index in [9.17, 15) is 0 Å². The maximum absolute atomic E-state index is 6.21. The second-order valence-electron chi connectivity index (χ2n) is 32.2. The number of benzene rings is 12. The van der Waals surface area contributed by atoms with E-state index in [1.54, 1.807) is 0 Å². The van der Waals surface area contributed by atoms with E-state index in [0.29, 0.717) is 76.4 Å². The highest BCUT2D eigenvalue weighted by molar-refractivity contribution is 5.81. The Morgan fingerprint density at radius 1 is 0.148 bits per heavy atom. The van der Waals surface area contributed by atoms with Gasteiger partial charge in [-0.25, -0.2) is 0 Å². The Morgan fingerprint density at radius 2 is 0.269 bits per heavy atom. The smallest absolute Gasteiger partial charge is 0.134 e. The average molecular weight is 1430 g/mol. The summed E-state index contributed by atoms with van der Waals surface area (Å²) in [4.78, 5) is 4.72. The van der Waals surface area contributed by atoms with Crippen LogP contribution in [-0.2, 0) is 0 Å². The predicted octanol–water partition coefficient (Wildman–Crippen LogP) is 31.8. The summed E-state index contributed by atoms with van der Waals surface area (Å²) in [5, 5.41) is 0. The highest BCUT2D eigenvalue weighted by atomic mass is 16.5. The molecule has 0 atom stereocenters. The van der Waals surface area contributed by atoms with Crippen molar-refractivity contribution in [3.05, 3.63) is 357 Å². The molecule has 0 spiro atoms. The summed E-state index contributed by atoms with van der Waals surface area (Å²) in [6, 6.07) is 103. The minimum Gasteiger partial charge on any atom is -0.457 e. The van der Waals surface area contributed by atoms with Crippen molar-refractivity contribution in [2.24, 2.45) is 0 Å². The van der Waals surface area contributed by atoms with Crippen LogP contribution in [0.4, 0.5) is 34.1 Å². The van der Waals surface area contributed by atoms with Crippen LogP contribution in [-0.4, -0.2) is 0 Å². The molecule has 558 valence electrons. The number of hydrogen-bond acceptors (Lipinski definition) is 5. The quantitative estimate of drug-likeness (QED) is 0.0533. The first-order valence-electron chi connectivity index (χ1n) is 39.6. The van der Waals surface area contributed by atoms with Gasteiger partial charge in [-0.15, -0.1) is 0 Å². The molecular formula is C103H118N2O3. The molecule has 12 aromatic carbocycles. The fourth-order valence-electron chi connectivity index (χ4n) is 13.4. The lowest BCUT2D eigenvalue weighted by molar-refractivity contribution is 0.439. The molecule has 0 amide bonds. The first kappa shape index (κ1) is 80.2. The van der Waals surface area contributed by atoms with Crippen molar-refractivity contribution in [2.75, 3.05) is 9.80 Å². The van der Waals surface area contributed by atoms with E-state index in [2.05, 4.69) is 379 Å². The summed E-state index contributed by atoms with van der Waals surface area (Å²) in [7, 11) is 0. The van der Waals surface area contributed by atoms with Gasteiger partial charge in [0.1, 0.15) is 34.5 Å². The molecule has 0 aliphatic carbocycles. The average Bonchev–Trinajstić information content (AvgIpc) is 0.788. The maximum Gasteiger partial charge on any atom is 0.134 e. The Hall–Kier alpha value is -10.4. The lowest BCUT2D eigenvalue weighted by Crippen LogP contribution is -2.12. The van der Waals surface area contributed by atoms with Crippen LogP contribution in [0.5, 0.6) is 34.5 Å². The monoisotopic (exact) mass is 1430 g/mol. The second-order valence-corrected chi connectivity index (χ2v) is 32.2. The van der Waals surface area contributed by atoms with Crippen molar-refractivity contribution in [3.8, 4) is 34.5 Å². The molecule has 5 nitrogen and oxygen atoms in total. The molecule has 0 bridgehead atoms. The van der Waals surface area contributed by atoms with Crippen LogP contribution < -0.4 is 24.0 Å². The van der Waals surface area contributed by atoms with Gasteiger partial charge in [-0.1, -0.05) is 296 Å². The van der Waals surface area contributed by atoms with Gasteiger partial charge in [0.25, 0.3) is 0 Å². The molecule has 12 rings (SSSR count). The van der Waals surface area contributed by atoms with Crippen molar-refractivity contribution in [2.45, 2.75) is 204 Å². The predicted molar refractivity (Wildman–Crippen MR) is 463 cm³/mol. The highest BCUT2D eigenvalue weighted by Crippen LogP contribution is 2.43. The van der Waals surface area contributed by atoms with Crippen LogP contribution in [0.1, 0.15) is 276 Å². The topological polar surface area (TPSA) is 34.2 Å². The zero-order chi connectivity index (χ0) is 77.3. The number of nitrogens with zero attached hydrogens (tertiary/aromatic N) is 2. The first-order valence-corrected chi connectivity index (χ1v) is 39.6. The number of anilines is 6. The van der Waals surface area contributed by atoms with Crippen LogP contribution in [0.15, 0.2) is 285 Å². The van der Waals surface area contributed by atoms with Gasteiger partial charge in [-0.05, 0) is 241 Å². The zero-order valence-corrected chi connectivity index (χ0v) is 68.1. The molecule has 0 radical (unpaired) electrons. The number of ether oxygens (including phenoxy) is 3. The third kappa shape index (κ3) is 21.5. The van der Waals surface area contributed by atoms with Gasteiger partial charge in [-0.2, -0.15) is 0 Å². The van der Waals surface area contributed by atoms with Gasteiger partial charge in [0.15, 0.2) is 0 Å². The number of hydrogen-bond donors (Lipinski definition) is 0. The summed E-state index contributed by atoms with van der Waals surface area (Å²) in [5.74, 6) is 9.61. The first-order chi connectivity index (χ1) is 51.7. The van der Waals surface area contributed by atoms with E-state index >= 15 is 0 Å². The summed E-state index contributed by atoms with van der Waals surface area (Å²) in [6.07, 6.45) is 0. The fraction of sp³-hybridized carbons (Fsp3) is 0.301. The minimum absolute atomic E-state index is 0.267. The molecule has 0 aliphatic rings. The summed E-state index contributed by atoms with van der Waals surface area (Å²) in [5.41, 5.74) is 24.4. The molecular weight excluding hydrogens is 1310 g/mol. The molecule has 0 fully saturated rings. The molecule has 108 heavy (non-hydrogen) atoms. The molecule has 0 aromatic heterocycles. The van der Waals surface area contributed by atoms with Crippen molar-refractivity contribution in [1.82, 2.24) is 0 Å². The van der Waals surface area contributed by atoms with E-state index < -0.39 is 0 Å². The van der Waals surface area contributed by atoms with Gasteiger partial charge < -0.3 is 24.0 Å². The summed E-state index contributed by atoms with van der Waals surface area (Å²) < 4.78 is 18.6. The molecule has 0 saturated carbocycles. The lowest BCUT2D eigenvalue weighted by atomic mass is 9.83. The normalized spacial score (nSPS) is 11.5. The van der Waals surface area contributed by atoms with E-state index in [1.165, 1.54) is 72.3 Å². The number of rotatable bonds is 25. The van der Waals surface area contributed by atoms with Gasteiger partial charge in [0.05, 0.1) is 0 Å². The van der Waals surface area contributed by atoms with Gasteiger partial charge in [-0.3, -0.25) is 0 Å². The van der Waals surface area contributed by atoms with Crippen LogP contribution in [0.2, 0.25) is 0 Å². The summed E-state index contributed by atoms with van der Waals surface area (Å²) >= 11 is 0. The molecule has 0 heterocycles. The minimum atomic E-state index is 0.267. The standard InChI is InChI=1S/C42H48N2.C33H36O3.C28H34/c1-29(2)33-9-17-37(18-10-33)43(38-19-11-34(12-20-38)30(3)4)41-25-27-42(28-26-41)44(39-21-13-35(14-22-39)31(5)6)40-23-15-36(16-24-40)32(7)8;1-22(2)25-7-13-28(14-8-25)34-31-19-32(35-29-15-9-26(10-16-29)23(3)4)21-33(20-31)36-30-17-11-27(12-18-30)24(5)6;1-19(2)22-7-13-25(14-8-22)28(26-15-9-23(10-16-26)20(3)4)27-17-11-24(12-18-27)21(5)6/h9-32H,1-8H3;7-24H,1-6H3;7-21,28H,1-6H3. The Morgan fingerprint density at radius 3 is 0.417 bits per heavy atom. The Bertz CT molecular complexity index is 4160. The molecule has 0 saturated heterocycles. The van der Waals surface area contributed by atoms with Gasteiger partial charge in [0, 0.05) is 58.2 Å². The Labute approximate surface area is 649 Å². The summed E-state index contributed by atoms with van der Waals surface area (Å²) in [6.45, 7) is 44.6. The molecule has 0 unspecified atom stereocenters. The van der Waals surface area contributed by atoms with Crippen molar-refractivity contribution in [3.63, 3.8) is 0 Å². The molecule has 0 N–H and O–H groups in total. The van der Waals surface area contributed by atoms with E-state index in [-0.39, 0.29) is 5.92 Å². The third-order valence-electron chi connectivity index (χ3n) is 20.6. The maximum atomic E-state index is 6.21. The van der Waals surface area contributed by atoms with Crippen molar-refractivity contribution < 1.29 is 14.2 Å². The highest BCUT2D eigenvalue weighted by Gasteiger charge is 2.21. The van der Waals surface area contributed by atoms with Crippen molar-refractivity contribution in [1.29, 1.82) is 0 Å². The molecule has 12 aromatic rings. The van der Waals surface area contributed by atoms with E-state index in [1.807, 2.05) is 54.6 Å². The van der Waals surface area contributed by atoms with Crippen LogP contribution in [0.25, 0.3) is 0 Å². The fourth-order valence-corrected chi connectivity index (χ4v) is 13.4. The van der Waals surface area contributed by atoms with Crippen molar-refractivity contribution >= 4 is 34.1 Å². The van der Waals surface area contributed by atoms with Gasteiger partial charge >= 0.3 is 0 Å². The van der Waals surface area contributed by atoms with Crippen LogP contribution in [0.3, 0.4) is 0 Å². The third-order valence-corrected chi connectivity index (χ3v) is 20.6. The van der Waals surface area contributed by atoms with E-state index in [0.717, 1.165) is 51.4 Å². The molecule has 5 heteroatoms. The molecule has 0 aliphatic heterocycles. The lowest BCUT2D eigenvalue weighted by Gasteiger charge is -2.29.